The summed E-state index contributed by atoms with van der Waals surface area (Å²) in [5.41, 5.74) is 1.85. The van der Waals surface area contributed by atoms with E-state index in [2.05, 4.69) is 25.5 Å². The van der Waals surface area contributed by atoms with Crippen molar-refractivity contribution in [2.45, 2.75) is 108 Å². The van der Waals surface area contributed by atoms with Crippen LogP contribution < -0.4 is 21.0 Å². The number of hydrogen-bond acceptors (Lipinski definition) is 9. The number of hydroxylamine groups is 1. The Kier molecular flexibility index (Phi) is 11.8. The standard InChI is InChI=1S/C32H52N6O4/c39-30(37-41)27-21-35-32(36-22-27)38-16-14-25(15-17-38)19-33-18-23-10-12-24(13-11-23)20-34-29(26-6-2-1-3-7-26)31(40)42-28-8-4-5-9-28/h21-26,28-29,33-34,41H,1-20H2,(H,37,39)/t23?,24?,29-/m0/s1. The van der Waals surface area contributed by atoms with Crippen molar-refractivity contribution in [2.24, 2.45) is 23.7 Å². The minimum atomic E-state index is -0.601. The van der Waals surface area contributed by atoms with Gasteiger partial charge in [-0.05, 0) is 120 Å². The van der Waals surface area contributed by atoms with Crippen molar-refractivity contribution in [3.05, 3.63) is 18.0 Å². The Labute approximate surface area is 251 Å². The number of nitrogens with one attached hydrogen (secondary N) is 3. The number of nitrogens with zero attached hydrogens (tertiary/aromatic N) is 3. The molecule has 5 rings (SSSR count). The predicted molar refractivity (Wildman–Crippen MR) is 161 cm³/mol. The van der Waals surface area contributed by atoms with Crippen LogP contribution in [0.15, 0.2) is 12.4 Å². The third kappa shape index (κ3) is 8.86. The molecular weight excluding hydrogens is 532 g/mol. The molecule has 4 N–H and O–H groups in total. The van der Waals surface area contributed by atoms with Gasteiger partial charge in [0.15, 0.2) is 0 Å². The lowest BCUT2D eigenvalue weighted by Crippen LogP contribution is -2.47. The molecule has 3 aliphatic carbocycles. The lowest BCUT2D eigenvalue weighted by atomic mass is 9.80. The van der Waals surface area contributed by atoms with Gasteiger partial charge in [-0.25, -0.2) is 15.4 Å². The zero-order valence-electron chi connectivity index (χ0n) is 25.3. The summed E-state index contributed by atoms with van der Waals surface area (Å²) in [6.07, 6.45) is 20.8. The minimum absolute atomic E-state index is 0.0232. The Morgan fingerprint density at radius 1 is 0.810 bits per heavy atom. The number of ether oxygens (including phenoxy) is 1. The predicted octanol–water partition coefficient (Wildman–Crippen LogP) is 4.23. The van der Waals surface area contributed by atoms with Crippen molar-refractivity contribution in [1.29, 1.82) is 0 Å². The lowest BCUT2D eigenvalue weighted by molar-refractivity contribution is -0.153. The molecule has 4 fully saturated rings. The second kappa shape index (κ2) is 16.0. The van der Waals surface area contributed by atoms with Crippen LogP contribution in [0.1, 0.15) is 107 Å². The fraction of sp³-hybridized carbons (Fsp3) is 0.812. The number of piperidine rings is 1. The van der Waals surface area contributed by atoms with Crippen molar-refractivity contribution in [2.75, 3.05) is 37.6 Å². The first-order valence-corrected chi connectivity index (χ1v) is 16.7. The maximum atomic E-state index is 13.2. The molecule has 1 atom stereocenters. The van der Waals surface area contributed by atoms with E-state index in [0.29, 0.717) is 23.7 Å². The van der Waals surface area contributed by atoms with Gasteiger partial charge in [0.25, 0.3) is 5.91 Å². The number of aromatic nitrogens is 2. The third-order valence-electron chi connectivity index (χ3n) is 10.3. The van der Waals surface area contributed by atoms with Crippen molar-refractivity contribution >= 4 is 17.8 Å². The van der Waals surface area contributed by atoms with Gasteiger partial charge < -0.3 is 20.3 Å². The number of anilines is 1. The van der Waals surface area contributed by atoms with E-state index in [0.717, 1.165) is 77.2 Å². The summed E-state index contributed by atoms with van der Waals surface area (Å²) in [6, 6.07) is -0.115. The van der Waals surface area contributed by atoms with Gasteiger partial charge >= 0.3 is 5.97 Å². The van der Waals surface area contributed by atoms with E-state index in [-0.39, 0.29) is 23.7 Å². The lowest BCUT2D eigenvalue weighted by Gasteiger charge is -2.34. The molecule has 42 heavy (non-hydrogen) atoms. The molecule has 1 aromatic rings. The molecule has 0 spiro atoms. The van der Waals surface area contributed by atoms with E-state index >= 15 is 0 Å². The minimum Gasteiger partial charge on any atom is -0.461 e. The summed E-state index contributed by atoms with van der Waals surface area (Å²) in [7, 11) is 0. The van der Waals surface area contributed by atoms with Gasteiger partial charge in [-0.3, -0.25) is 14.8 Å². The summed E-state index contributed by atoms with van der Waals surface area (Å²) in [4.78, 5) is 35.4. The highest BCUT2D eigenvalue weighted by atomic mass is 16.5. The van der Waals surface area contributed by atoms with E-state index in [1.807, 2.05) is 0 Å². The van der Waals surface area contributed by atoms with Crippen molar-refractivity contribution in [3.63, 3.8) is 0 Å². The smallest absolute Gasteiger partial charge is 0.323 e. The van der Waals surface area contributed by atoms with Crippen molar-refractivity contribution in [3.8, 4) is 0 Å². The highest BCUT2D eigenvalue weighted by molar-refractivity contribution is 5.92. The molecule has 234 valence electrons. The molecule has 0 unspecified atom stereocenters. The van der Waals surface area contributed by atoms with E-state index in [4.69, 9.17) is 9.94 Å². The first kappa shape index (κ1) is 31.1. The second-order valence-corrected chi connectivity index (χ2v) is 13.3. The van der Waals surface area contributed by atoms with Crippen LogP contribution in [0.25, 0.3) is 0 Å². The molecule has 4 aliphatic rings. The molecule has 1 aliphatic heterocycles. The first-order chi connectivity index (χ1) is 20.6. The normalized spacial score (nSPS) is 25.3. The number of hydrogen-bond donors (Lipinski definition) is 4. The van der Waals surface area contributed by atoms with E-state index in [1.54, 1.807) is 5.48 Å². The Bertz CT molecular complexity index is 966. The van der Waals surface area contributed by atoms with Crippen LogP contribution in [-0.4, -0.2) is 71.9 Å². The number of esters is 1. The number of carbonyl (C=O) groups excluding carboxylic acids is 2. The van der Waals surface area contributed by atoms with Gasteiger partial charge in [0, 0.05) is 25.5 Å². The largest absolute Gasteiger partial charge is 0.461 e. The van der Waals surface area contributed by atoms with Gasteiger partial charge in [0.2, 0.25) is 5.95 Å². The summed E-state index contributed by atoms with van der Waals surface area (Å²) >= 11 is 0. The molecule has 10 heteroatoms. The highest BCUT2D eigenvalue weighted by Gasteiger charge is 2.33. The molecule has 0 radical (unpaired) electrons. The van der Waals surface area contributed by atoms with E-state index in [1.165, 1.54) is 70.2 Å². The van der Waals surface area contributed by atoms with Crippen LogP contribution in [0, 0.1) is 23.7 Å². The Morgan fingerprint density at radius 2 is 1.38 bits per heavy atom. The molecule has 3 saturated carbocycles. The fourth-order valence-corrected chi connectivity index (χ4v) is 7.58. The fourth-order valence-electron chi connectivity index (χ4n) is 7.58. The van der Waals surface area contributed by atoms with Gasteiger partial charge in [-0.15, -0.1) is 0 Å². The summed E-state index contributed by atoms with van der Waals surface area (Å²) in [5.74, 6) is 2.55. The van der Waals surface area contributed by atoms with Gasteiger partial charge in [0.05, 0.1) is 5.56 Å². The van der Waals surface area contributed by atoms with Crippen molar-refractivity contribution in [1.82, 2.24) is 26.1 Å². The van der Waals surface area contributed by atoms with Gasteiger partial charge in [0.1, 0.15) is 12.1 Å². The number of amides is 1. The van der Waals surface area contributed by atoms with Gasteiger partial charge in [-0.2, -0.15) is 0 Å². The van der Waals surface area contributed by atoms with Crippen LogP contribution in [0.5, 0.6) is 0 Å². The van der Waals surface area contributed by atoms with Crippen LogP contribution in [0.2, 0.25) is 0 Å². The maximum Gasteiger partial charge on any atom is 0.323 e. The zero-order chi connectivity index (χ0) is 29.1. The quantitative estimate of drug-likeness (QED) is 0.162. The number of carbonyl (C=O) groups is 2. The summed E-state index contributed by atoms with van der Waals surface area (Å²) in [5, 5.41) is 16.2. The Morgan fingerprint density at radius 3 is 2.00 bits per heavy atom. The number of rotatable bonds is 12. The average molecular weight is 585 g/mol. The second-order valence-electron chi connectivity index (χ2n) is 13.3. The molecule has 1 saturated heterocycles. The van der Waals surface area contributed by atoms with E-state index in [9.17, 15) is 9.59 Å². The Balaban J connectivity index is 0.967. The first-order valence-electron chi connectivity index (χ1n) is 16.7. The SMILES string of the molecule is O=C(NO)c1cnc(N2CCC(CNCC3CCC(CN[C@H](C(=O)OC4CCCC4)C4CCCCC4)CC3)CC2)nc1. The third-order valence-corrected chi connectivity index (χ3v) is 10.3. The van der Waals surface area contributed by atoms with Gasteiger partial charge in [-0.1, -0.05) is 19.3 Å². The topological polar surface area (TPSA) is 129 Å². The molecule has 1 amide bonds. The van der Waals surface area contributed by atoms with E-state index < -0.39 is 5.91 Å². The maximum absolute atomic E-state index is 13.2. The Hall–Kier alpha value is -2.30. The van der Waals surface area contributed by atoms with Crippen molar-refractivity contribution < 1.29 is 19.5 Å². The van der Waals surface area contributed by atoms with Crippen LogP contribution in [0.4, 0.5) is 5.95 Å². The average Bonchev–Trinajstić information content (AvgIpc) is 3.55. The van der Waals surface area contributed by atoms with Crippen LogP contribution in [-0.2, 0) is 9.53 Å². The molecule has 10 nitrogen and oxygen atoms in total. The van der Waals surface area contributed by atoms with Crippen LogP contribution >= 0.6 is 0 Å². The molecule has 2 heterocycles. The molecular formula is C32H52N6O4. The zero-order valence-corrected chi connectivity index (χ0v) is 25.3. The summed E-state index contributed by atoms with van der Waals surface area (Å²) in [6.45, 7) is 4.91. The highest BCUT2D eigenvalue weighted by Crippen LogP contribution is 2.31. The monoisotopic (exact) mass is 584 g/mol. The molecule has 1 aromatic heterocycles. The molecule has 0 aromatic carbocycles. The summed E-state index contributed by atoms with van der Waals surface area (Å²) < 4.78 is 5.98. The van der Waals surface area contributed by atoms with Crippen LogP contribution in [0.3, 0.4) is 0 Å². The molecule has 0 bridgehead atoms.